The molecule has 1 aromatic carbocycles. The van der Waals surface area contributed by atoms with Gasteiger partial charge < -0.3 is 0 Å². The summed E-state index contributed by atoms with van der Waals surface area (Å²) in [5.74, 6) is 0.388. The molecule has 78 valence electrons. The lowest BCUT2D eigenvalue weighted by Crippen LogP contribution is -2.35. The molecule has 1 aromatic rings. The summed E-state index contributed by atoms with van der Waals surface area (Å²) in [6.45, 7) is 1.29. The molecule has 3 atom stereocenters. The number of nitrogens with zero attached hydrogens (tertiary/aromatic N) is 1. The summed E-state index contributed by atoms with van der Waals surface area (Å²) in [5.41, 5.74) is 1.19. The predicted molar refractivity (Wildman–Crippen MR) is 55.0 cm³/mol. The SMILES string of the molecule is O=C1CCN2OC[C@@H]1[C@@H]2c1ccccc1. The molecule has 15 heavy (non-hydrogen) atoms. The second-order valence-corrected chi connectivity index (χ2v) is 4.11. The molecular weight excluding hydrogens is 190 g/mol. The monoisotopic (exact) mass is 203 g/mol. The molecule has 2 bridgehead atoms. The van der Waals surface area contributed by atoms with Crippen LogP contribution >= 0.6 is 0 Å². The smallest absolute Gasteiger partial charge is 0.141 e. The van der Waals surface area contributed by atoms with E-state index in [4.69, 9.17) is 4.84 Å². The van der Waals surface area contributed by atoms with Gasteiger partial charge in [-0.1, -0.05) is 30.3 Å². The summed E-state index contributed by atoms with van der Waals surface area (Å²) >= 11 is 0. The van der Waals surface area contributed by atoms with Gasteiger partial charge in [0.2, 0.25) is 0 Å². The van der Waals surface area contributed by atoms with Gasteiger partial charge in [-0.3, -0.25) is 9.63 Å². The number of hydrogen-bond acceptors (Lipinski definition) is 3. The van der Waals surface area contributed by atoms with Crippen LogP contribution in [0.1, 0.15) is 18.0 Å². The average molecular weight is 203 g/mol. The topological polar surface area (TPSA) is 29.5 Å². The summed E-state index contributed by atoms with van der Waals surface area (Å²) in [4.78, 5) is 17.3. The van der Waals surface area contributed by atoms with Crippen molar-refractivity contribution in [3.05, 3.63) is 35.9 Å². The Morgan fingerprint density at radius 1 is 1.27 bits per heavy atom. The van der Waals surface area contributed by atoms with Gasteiger partial charge in [0, 0.05) is 13.0 Å². The number of Topliss-reactive ketones (excluding diaryl/α,β-unsaturated/α-hetero) is 1. The first kappa shape index (κ1) is 9.07. The summed E-state index contributed by atoms with van der Waals surface area (Å²) in [7, 11) is 0. The molecule has 0 amide bonds. The first-order valence-electron chi connectivity index (χ1n) is 5.33. The maximum absolute atomic E-state index is 11.7. The van der Waals surface area contributed by atoms with Crippen LogP contribution in [0.2, 0.25) is 0 Å². The molecule has 3 nitrogen and oxygen atoms in total. The number of carbonyl (C=O) groups is 1. The Morgan fingerprint density at radius 3 is 2.87 bits per heavy atom. The number of benzene rings is 1. The number of hydroxylamine groups is 2. The normalized spacial score (nSPS) is 34.4. The van der Waals surface area contributed by atoms with E-state index < -0.39 is 0 Å². The summed E-state index contributed by atoms with van der Waals surface area (Å²) in [6.07, 6.45) is 0.633. The van der Waals surface area contributed by atoms with Crippen LogP contribution in [0.5, 0.6) is 0 Å². The molecule has 0 aromatic heterocycles. The molecule has 0 N–H and O–H groups in total. The molecule has 0 radical (unpaired) electrons. The van der Waals surface area contributed by atoms with E-state index in [1.165, 1.54) is 5.56 Å². The van der Waals surface area contributed by atoms with Gasteiger partial charge >= 0.3 is 0 Å². The maximum atomic E-state index is 11.7. The fourth-order valence-corrected chi connectivity index (χ4v) is 2.48. The molecule has 2 aliphatic heterocycles. The minimum absolute atomic E-state index is 0.0427. The van der Waals surface area contributed by atoms with Crippen molar-refractivity contribution in [3.63, 3.8) is 0 Å². The van der Waals surface area contributed by atoms with Crippen molar-refractivity contribution in [1.29, 1.82) is 0 Å². The van der Waals surface area contributed by atoms with E-state index in [2.05, 4.69) is 12.1 Å². The van der Waals surface area contributed by atoms with Gasteiger partial charge in [-0.25, -0.2) is 0 Å². The third kappa shape index (κ3) is 1.39. The molecule has 2 heterocycles. The Labute approximate surface area is 88.6 Å². The molecule has 2 fully saturated rings. The number of fused-ring (bicyclic) bond motifs is 2. The molecular formula is C12H13NO2. The van der Waals surface area contributed by atoms with Gasteiger partial charge in [0.05, 0.1) is 18.6 Å². The van der Waals surface area contributed by atoms with Crippen molar-refractivity contribution in [2.75, 3.05) is 13.2 Å². The van der Waals surface area contributed by atoms with Gasteiger partial charge in [0.1, 0.15) is 5.78 Å². The number of rotatable bonds is 1. The lowest BCUT2D eigenvalue weighted by molar-refractivity contribution is -0.144. The predicted octanol–water partition coefficient (Wildman–Crippen LogP) is 1.56. The van der Waals surface area contributed by atoms with Crippen molar-refractivity contribution in [2.24, 2.45) is 5.92 Å². The minimum Gasteiger partial charge on any atom is -0.299 e. The van der Waals surface area contributed by atoms with Crippen LogP contribution in [0, 0.1) is 5.92 Å². The molecule has 1 unspecified atom stereocenters. The second-order valence-electron chi connectivity index (χ2n) is 4.11. The second kappa shape index (κ2) is 3.43. The highest BCUT2D eigenvalue weighted by Crippen LogP contribution is 2.39. The van der Waals surface area contributed by atoms with E-state index in [9.17, 15) is 4.79 Å². The minimum atomic E-state index is 0.0427. The summed E-state index contributed by atoms with van der Waals surface area (Å²) in [6, 6.07) is 10.3. The van der Waals surface area contributed by atoms with Crippen LogP contribution in [0.3, 0.4) is 0 Å². The van der Waals surface area contributed by atoms with Gasteiger partial charge in [0.25, 0.3) is 0 Å². The van der Waals surface area contributed by atoms with Gasteiger partial charge in [-0.05, 0) is 5.56 Å². The van der Waals surface area contributed by atoms with E-state index >= 15 is 0 Å². The number of piperidine rings is 1. The van der Waals surface area contributed by atoms with E-state index in [-0.39, 0.29) is 12.0 Å². The molecule has 3 heteroatoms. The highest BCUT2D eigenvalue weighted by Gasteiger charge is 2.44. The number of hydrogen-bond donors (Lipinski definition) is 0. The largest absolute Gasteiger partial charge is 0.299 e. The summed E-state index contributed by atoms with van der Waals surface area (Å²) in [5, 5.41) is 1.96. The van der Waals surface area contributed by atoms with Gasteiger partial charge in [-0.2, -0.15) is 5.06 Å². The zero-order chi connectivity index (χ0) is 10.3. The van der Waals surface area contributed by atoms with E-state index in [0.29, 0.717) is 18.8 Å². The summed E-state index contributed by atoms with van der Waals surface area (Å²) < 4.78 is 0. The number of ketones is 1. The van der Waals surface area contributed by atoms with Crippen molar-refractivity contribution in [1.82, 2.24) is 5.06 Å². The van der Waals surface area contributed by atoms with Crippen molar-refractivity contribution < 1.29 is 9.63 Å². The van der Waals surface area contributed by atoms with Crippen molar-refractivity contribution in [2.45, 2.75) is 12.5 Å². The Bertz CT molecular complexity index is 376. The van der Waals surface area contributed by atoms with Gasteiger partial charge in [-0.15, -0.1) is 0 Å². The van der Waals surface area contributed by atoms with Crippen LogP contribution < -0.4 is 0 Å². The molecule has 0 saturated carbocycles. The Kier molecular flexibility index (Phi) is 2.08. The van der Waals surface area contributed by atoms with E-state index in [1.54, 1.807) is 0 Å². The molecule has 2 saturated heterocycles. The van der Waals surface area contributed by atoms with Crippen molar-refractivity contribution >= 4 is 5.78 Å². The van der Waals surface area contributed by atoms with Crippen LogP contribution in [-0.2, 0) is 9.63 Å². The molecule has 0 aliphatic carbocycles. The highest BCUT2D eigenvalue weighted by atomic mass is 16.7. The molecule has 3 rings (SSSR count). The maximum Gasteiger partial charge on any atom is 0.141 e. The zero-order valence-corrected chi connectivity index (χ0v) is 8.43. The fourth-order valence-electron chi connectivity index (χ4n) is 2.48. The standard InChI is InChI=1S/C12H13NO2/c14-11-6-7-13-12(10(11)8-15-13)9-4-2-1-3-5-9/h1-5,10,12H,6-8H2/t10-,12-/m0/s1. The third-order valence-electron chi connectivity index (χ3n) is 3.24. The van der Waals surface area contributed by atoms with Gasteiger partial charge in [0.15, 0.2) is 0 Å². The molecule has 0 spiro atoms. The van der Waals surface area contributed by atoms with Crippen LogP contribution in [0.4, 0.5) is 0 Å². The van der Waals surface area contributed by atoms with Crippen LogP contribution in [0.25, 0.3) is 0 Å². The number of carbonyl (C=O) groups excluding carboxylic acids is 1. The van der Waals surface area contributed by atoms with E-state index in [0.717, 1.165) is 6.54 Å². The quantitative estimate of drug-likeness (QED) is 0.693. The third-order valence-corrected chi connectivity index (χ3v) is 3.24. The Balaban J connectivity index is 1.96. The lowest BCUT2D eigenvalue weighted by atomic mass is 9.87. The Morgan fingerprint density at radius 2 is 2.07 bits per heavy atom. The first-order valence-corrected chi connectivity index (χ1v) is 5.33. The van der Waals surface area contributed by atoms with Crippen LogP contribution in [0.15, 0.2) is 30.3 Å². The van der Waals surface area contributed by atoms with Crippen LogP contribution in [-0.4, -0.2) is 24.0 Å². The van der Waals surface area contributed by atoms with Crippen molar-refractivity contribution in [3.8, 4) is 0 Å². The van der Waals surface area contributed by atoms with E-state index in [1.807, 2.05) is 23.3 Å². The molecule has 2 aliphatic rings. The Hall–Kier alpha value is -1.19. The fraction of sp³-hybridized carbons (Fsp3) is 0.417. The first-order chi connectivity index (χ1) is 7.36. The highest BCUT2D eigenvalue weighted by molar-refractivity contribution is 5.83. The average Bonchev–Trinajstić information content (AvgIpc) is 2.62. The zero-order valence-electron chi connectivity index (χ0n) is 8.43. The lowest BCUT2D eigenvalue weighted by Gasteiger charge is -2.29.